The number of rotatable bonds is 9. The number of carbonyl (C=O) groups excluding carboxylic acids is 1. The van der Waals surface area contributed by atoms with Crippen molar-refractivity contribution in [3.8, 4) is 0 Å². The Hall–Kier alpha value is -0.870. The largest absolute Gasteiger partial charge is 0.465 e. The fourth-order valence-corrected chi connectivity index (χ4v) is 1.24. The van der Waals surface area contributed by atoms with Crippen LogP contribution in [-0.4, -0.2) is 50.8 Å². The van der Waals surface area contributed by atoms with Gasteiger partial charge in [-0.2, -0.15) is 0 Å². The van der Waals surface area contributed by atoms with Crippen LogP contribution in [0.4, 0.5) is 0 Å². The zero-order valence-electron chi connectivity index (χ0n) is 9.70. The minimum Gasteiger partial charge on any atom is -0.465 e. The van der Waals surface area contributed by atoms with Gasteiger partial charge < -0.3 is 9.47 Å². The molecule has 15 heavy (non-hydrogen) atoms. The van der Waals surface area contributed by atoms with Gasteiger partial charge in [0.05, 0.1) is 13.2 Å². The summed E-state index contributed by atoms with van der Waals surface area (Å²) in [6, 6.07) is 0. The van der Waals surface area contributed by atoms with Crippen molar-refractivity contribution < 1.29 is 14.3 Å². The van der Waals surface area contributed by atoms with Gasteiger partial charge in [0.2, 0.25) is 0 Å². The summed E-state index contributed by atoms with van der Waals surface area (Å²) in [5, 5.41) is 0. The van der Waals surface area contributed by atoms with Gasteiger partial charge in [0.1, 0.15) is 0 Å². The lowest BCUT2D eigenvalue weighted by Crippen LogP contribution is -2.32. The van der Waals surface area contributed by atoms with E-state index >= 15 is 0 Å². The van der Waals surface area contributed by atoms with Crippen LogP contribution in [0, 0.1) is 0 Å². The van der Waals surface area contributed by atoms with Crippen LogP contribution in [0.25, 0.3) is 0 Å². The molecule has 88 valence electrons. The van der Waals surface area contributed by atoms with E-state index in [-0.39, 0.29) is 5.97 Å². The highest BCUT2D eigenvalue weighted by Crippen LogP contribution is 1.94. The monoisotopic (exact) mass is 215 g/mol. The molecule has 0 saturated carbocycles. The predicted molar refractivity (Wildman–Crippen MR) is 59.8 cm³/mol. The zero-order chi connectivity index (χ0) is 11.5. The van der Waals surface area contributed by atoms with Gasteiger partial charge in [-0.3, -0.25) is 9.69 Å². The number of nitrogens with zero attached hydrogens (tertiary/aromatic N) is 1. The average Bonchev–Trinajstić information content (AvgIpc) is 2.18. The lowest BCUT2D eigenvalue weighted by molar-refractivity contribution is -0.144. The quantitative estimate of drug-likeness (QED) is 0.328. The first-order chi connectivity index (χ1) is 7.24. The van der Waals surface area contributed by atoms with Crippen LogP contribution >= 0.6 is 0 Å². The first-order valence-corrected chi connectivity index (χ1v) is 5.22. The van der Waals surface area contributed by atoms with Crippen molar-refractivity contribution in [3.63, 3.8) is 0 Å². The molecule has 4 nitrogen and oxygen atoms in total. The van der Waals surface area contributed by atoms with Gasteiger partial charge in [-0.15, -0.1) is 6.58 Å². The average molecular weight is 215 g/mol. The molecular weight excluding hydrogens is 194 g/mol. The molecule has 0 atom stereocenters. The highest BCUT2D eigenvalue weighted by molar-refractivity contribution is 5.71. The number of hydrogen-bond acceptors (Lipinski definition) is 4. The van der Waals surface area contributed by atoms with Crippen molar-refractivity contribution in [2.75, 3.05) is 40.0 Å². The molecule has 0 radical (unpaired) electrons. The summed E-state index contributed by atoms with van der Waals surface area (Å²) >= 11 is 0. The van der Waals surface area contributed by atoms with Gasteiger partial charge in [0, 0.05) is 26.8 Å². The van der Waals surface area contributed by atoms with Crippen LogP contribution in [0.2, 0.25) is 0 Å². The predicted octanol–water partition coefficient (Wildman–Crippen LogP) is 1.07. The van der Waals surface area contributed by atoms with Crippen LogP contribution in [0.1, 0.15) is 13.3 Å². The van der Waals surface area contributed by atoms with Gasteiger partial charge in [-0.05, 0) is 13.3 Å². The van der Waals surface area contributed by atoms with E-state index in [0.717, 1.165) is 13.0 Å². The van der Waals surface area contributed by atoms with Crippen LogP contribution in [-0.2, 0) is 14.3 Å². The van der Waals surface area contributed by atoms with Crippen LogP contribution in [0.5, 0.6) is 0 Å². The van der Waals surface area contributed by atoms with E-state index in [9.17, 15) is 4.79 Å². The third kappa shape index (κ3) is 8.15. The Kier molecular flexibility index (Phi) is 9.11. The van der Waals surface area contributed by atoms with Gasteiger partial charge in [0.25, 0.3) is 0 Å². The minimum atomic E-state index is -0.184. The molecule has 0 bridgehead atoms. The van der Waals surface area contributed by atoms with E-state index < -0.39 is 0 Å². The van der Waals surface area contributed by atoms with Crippen molar-refractivity contribution in [1.29, 1.82) is 0 Å². The molecule has 0 rings (SSSR count). The number of hydrogen-bond donors (Lipinski definition) is 0. The molecule has 4 heteroatoms. The fourth-order valence-electron chi connectivity index (χ4n) is 1.24. The molecule has 0 amide bonds. The standard InChI is InChI=1S/C11H21NO3/c1-4-7-12(8-6-9-14-3)10-11(13)15-5-2/h4H,1,5-10H2,2-3H3. The second-order valence-electron chi connectivity index (χ2n) is 3.18. The molecule has 0 fully saturated rings. The van der Waals surface area contributed by atoms with Crippen LogP contribution in [0.3, 0.4) is 0 Å². The van der Waals surface area contributed by atoms with Crippen molar-refractivity contribution in [2.45, 2.75) is 13.3 Å². The summed E-state index contributed by atoms with van der Waals surface area (Å²) < 4.78 is 9.83. The molecule has 0 unspecified atom stereocenters. The number of ether oxygens (including phenoxy) is 2. The first kappa shape index (κ1) is 14.1. The van der Waals surface area contributed by atoms with Crippen molar-refractivity contribution in [1.82, 2.24) is 4.90 Å². The van der Waals surface area contributed by atoms with E-state index in [1.807, 2.05) is 4.90 Å². The number of methoxy groups -OCH3 is 1. The normalized spacial score (nSPS) is 10.3. The van der Waals surface area contributed by atoms with Gasteiger partial charge in [0.15, 0.2) is 0 Å². The Morgan fingerprint density at radius 2 is 2.27 bits per heavy atom. The lowest BCUT2D eigenvalue weighted by atomic mass is 10.3. The summed E-state index contributed by atoms with van der Waals surface area (Å²) in [5.41, 5.74) is 0. The van der Waals surface area contributed by atoms with Gasteiger partial charge in [-0.25, -0.2) is 0 Å². The maximum atomic E-state index is 11.2. The van der Waals surface area contributed by atoms with Crippen molar-refractivity contribution >= 4 is 5.97 Å². The third-order valence-corrected chi connectivity index (χ3v) is 1.87. The van der Waals surface area contributed by atoms with Crippen molar-refractivity contribution in [3.05, 3.63) is 12.7 Å². The van der Waals surface area contributed by atoms with E-state index in [1.165, 1.54) is 0 Å². The van der Waals surface area contributed by atoms with E-state index in [2.05, 4.69) is 6.58 Å². The summed E-state index contributed by atoms with van der Waals surface area (Å²) in [5.74, 6) is -0.184. The summed E-state index contributed by atoms with van der Waals surface area (Å²) in [7, 11) is 1.67. The first-order valence-electron chi connectivity index (χ1n) is 5.22. The molecule has 0 aliphatic rings. The number of carbonyl (C=O) groups is 1. The van der Waals surface area contributed by atoms with Crippen molar-refractivity contribution in [2.24, 2.45) is 0 Å². The molecular formula is C11H21NO3. The Morgan fingerprint density at radius 1 is 1.53 bits per heavy atom. The Morgan fingerprint density at radius 3 is 2.80 bits per heavy atom. The van der Waals surface area contributed by atoms with Crippen LogP contribution in [0.15, 0.2) is 12.7 Å². The maximum Gasteiger partial charge on any atom is 0.320 e. The van der Waals surface area contributed by atoms with E-state index in [4.69, 9.17) is 9.47 Å². The third-order valence-electron chi connectivity index (χ3n) is 1.87. The fraction of sp³-hybridized carbons (Fsp3) is 0.727. The SMILES string of the molecule is C=CCN(CCCOC)CC(=O)OCC. The molecule has 0 aromatic heterocycles. The summed E-state index contributed by atoms with van der Waals surface area (Å²) in [6.07, 6.45) is 2.69. The summed E-state index contributed by atoms with van der Waals surface area (Å²) in [6.45, 7) is 8.44. The topological polar surface area (TPSA) is 38.8 Å². The number of esters is 1. The Bertz CT molecular complexity index is 183. The second-order valence-corrected chi connectivity index (χ2v) is 3.18. The molecule has 0 aromatic carbocycles. The zero-order valence-corrected chi connectivity index (χ0v) is 9.70. The van der Waals surface area contributed by atoms with E-state index in [1.54, 1.807) is 20.1 Å². The molecule has 0 aliphatic carbocycles. The molecule has 0 heterocycles. The molecule has 0 spiro atoms. The molecule has 0 N–H and O–H groups in total. The van der Waals surface area contributed by atoms with Gasteiger partial charge >= 0.3 is 5.97 Å². The van der Waals surface area contributed by atoms with Crippen LogP contribution < -0.4 is 0 Å². The maximum absolute atomic E-state index is 11.2. The smallest absolute Gasteiger partial charge is 0.320 e. The highest BCUT2D eigenvalue weighted by Gasteiger charge is 2.09. The highest BCUT2D eigenvalue weighted by atomic mass is 16.5. The molecule has 0 aliphatic heterocycles. The Labute approximate surface area is 91.8 Å². The molecule has 0 saturated heterocycles. The second kappa shape index (κ2) is 9.68. The molecule has 0 aromatic rings. The Balaban J connectivity index is 3.80. The van der Waals surface area contributed by atoms with Gasteiger partial charge in [-0.1, -0.05) is 6.08 Å². The summed E-state index contributed by atoms with van der Waals surface area (Å²) in [4.78, 5) is 13.2. The van der Waals surface area contributed by atoms with E-state index in [0.29, 0.717) is 26.3 Å². The lowest BCUT2D eigenvalue weighted by Gasteiger charge is -2.18. The minimum absolute atomic E-state index is 0.184.